The highest BCUT2D eigenvalue weighted by molar-refractivity contribution is 9.09. The third-order valence-electron chi connectivity index (χ3n) is 2.20. The van der Waals surface area contributed by atoms with E-state index < -0.39 is 0 Å². The van der Waals surface area contributed by atoms with Crippen LogP contribution in [0.25, 0.3) is 0 Å². The molecule has 1 aromatic rings. The number of aryl methyl sites for hydroxylation is 1. The minimum absolute atomic E-state index is 0.0412. The number of hydrogen-bond acceptors (Lipinski definition) is 3. The summed E-state index contributed by atoms with van der Waals surface area (Å²) in [4.78, 5) is 17.7. The van der Waals surface area contributed by atoms with Gasteiger partial charge in [0.2, 0.25) is 0 Å². The Labute approximate surface area is 104 Å². The van der Waals surface area contributed by atoms with Crippen molar-refractivity contribution in [2.75, 3.05) is 27.3 Å². The van der Waals surface area contributed by atoms with Gasteiger partial charge in [0.15, 0.2) is 0 Å². The van der Waals surface area contributed by atoms with Crippen LogP contribution >= 0.6 is 15.9 Å². The van der Waals surface area contributed by atoms with Crippen molar-refractivity contribution in [1.29, 1.82) is 0 Å². The van der Waals surface area contributed by atoms with Crippen LogP contribution in [0, 0.1) is 0 Å². The smallest absolute Gasteiger partial charge is 0.271 e. The molecule has 0 radical (unpaired) electrons. The highest BCUT2D eigenvalue weighted by Crippen LogP contribution is 2.06. The van der Waals surface area contributed by atoms with Crippen LogP contribution < -0.4 is 0 Å². The molecule has 1 amide bonds. The maximum atomic E-state index is 12.0. The van der Waals surface area contributed by atoms with Crippen LogP contribution in [0.2, 0.25) is 0 Å². The molecule has 1 heterocycles. The van der Waals surface area contributed by atoms with E-state index in [1.807, 2.05) is 0 Å². The minimum Gasteiger partial charge on any atom is -0.383 e. The van der Waals surface area contributed by atoms with Gasteiger partial charge in [-0.15, -0.1) is 0 Å². The van der Waals surface area contributed by atoms with Gasteiger partial charge in [-0.1, -0.05) is 15.9 Å². The second kappa shape index (κ2) is 6.00. The zero-order chi connectivity index (χ0) is 12.1. The van der Waals surface area contributed by atoms with Gasteiger partial charge in [-0.05, 0) is 0 Å². The van der Waals surface area contributed by atoms with E-state index in [2.05, 4.69) is 20.9 Å². The number of aromatic nitrogens is 2. The first kappa shape index (κ1) is 13.2. The molecule has 0 aliphatic heterocycles. The molecule has 0 aliphatic rings. The maximum absolute atomic E-state index is 12.0. The average molecular weight is 290 g/mol. The molecule has 0 aliphatic carbocycles. The van der Waals surface area contributed by atoms with Gasteiger partial charge >= 0.3 is 0 Å². The standard InChI is InChI=1S/C10H16BrN3O2/c1-13(5-8(11)6-16-3)10(15)9-4-12-7-14(9)2/h4,7-8H,5-6H2,1-3H3. The van der Waals surface area contributed by atoms with Crippen LogP contribution in [0.15, 0.2) is 12.5 Å². The van der Waals surface area contributed by atoms with Crippen molar-refractivity contribution in [1.82, 2.24) is 14.5 Å². The van der Waals surface area contributed by atoms with Crippen molar-refractivity contribution in [2.24, 2.45) is 7.05 Å². The molecule has 90 valence electrons. The fourth-order valence-electron chi connectivity index (χ4n) is 1.37. The highest BCUT2D eigenvalue weighted by atomic mass is 79.9. The quantitative estimate of drug-likeness (QED) is 0.757. The lowest BCUT2D eigenvalue weighted by atomic mass is 10.3. The van der Waals surface area contributed by atoms with Crippen molar-refractivity contribution < 1.29 is 9.53 Å². The predicted molar refractivity (Wildman–Crippen MR) is 64.8 cm³/mol. The van der Waals surface area contributed by atoms with Crippen LogP contribution in [-0.2, 0) is 11.8 Å². The molecular formula is C10H16BrN3O2. The van der Waals surface area contributed by atoms with Gasteiger partial charge in [0.25, 0.3) is 5.91 Å². The monoisotopic (exact) mass is 289 g/mol. The van der Waals surface area contributed by atoms with E-state index in [0.717, 1.165) is 0 Å². The van der Waals surface area contributed by atoms with E-state index in [-0.39, 0.29) is 10.7 Å². The van der Waals surface area contributed by atoms with Crippen LogP contribution in [0.4, 0.5) is 0 Å². The number of imidazole rings is 1. The van der Waals surface area contributed by atoms with E-state index in [4.69, 9.17) is 4.74 Å². The van der Waals surface area contributed by atoms with E-state index in [0.29, 0.717) is 18.8 Å². The normalized spacial score (nSPS) is 12.5. The minimum atomic E-state index is -0.0412. The Kier molecular flexibility index (Phi) is 4.95. The van der Waals surface area contributed by atoms with Crippen molar-refractivity contribution in [3.8, 4) is 0 Å². The Morgan fingerprint density at radius 2 is 2.44 bits per heavy atom. The number of halogens is 1. The first-order valence-electron chi connectivity index (χ1n) is 4.91. The van der Waals surface area contributed by atoms with Gasteiger partial charge in [-0.25, -0.2) is 4.98 Å². The number of amides is 1. The van der Waals surface area contributed by atoms with Crippen molar-refractivity contribution in [2.45, 2.75) is 4.83 Å². The average Bonchev–Trinajstić information content (AvgIpc) is 2.63. The summed E-state index contributed by atoms with van der Waals surface area (Å²) in [5.74, 6) is -0.0412. The van der Waals surface area contributed by atoms with Gasteiger partial charge in [-0.2, -0.15) is 0 Å². The Morgan fingerprint density at radius 3 is 2.94 bits per heavy atom. The molecule has 0 bridgehead atoms. The fraction of sp³-hybridized carbons (Fsp3) is 0.600. The molecule has 6 heteroatoms. The van der Waals surface area contributed by atoms with E-state index in [9.17, 15) is 4.79 Å². The largest absolute Gasteiger partial charge is 0.383 e. The molecular weight excluding hydrogens is 274 g/mol. The number of hydrogen-bond donors (Lipinski definition) is 0. The van der Waals surface area contributed by atoms with Gasteiger partial charge < -0.3 is 14.2 Å². The molecule has 1 rings (SSSR count). The summed E-state index contributed by atoms with van der Waals surface area (Å²) in [7, 11) is 5.20. The lowest BCUT2D eigenvalue weighted by molar-refractivity contribution is 0.0775. The van der Waals surface area contributed by atoms with E-state index in [1.54, 1.807) is 43.2 Å². The second-order valence-electron chi connectivity index (χ2n) is 3.63. The molecule has 0 spiro atoms. The zero-order valence-electron chi connectivity index (χ0n) is 9.68. The number of ether oxygens (including phenoxy) is 1. The topological polar surface area (TPSA) is 47.4 Å². The Hall–Kier alpha value is -0.880. The van der Waals surface area contributed by atoms with Crippen molar-refractivity contribution in [3.63, 3.8) is 0 Å². The summed E-state index contributed by atoms with van der Waals surface area (Å²) in [5.41, 5.74) is 0.583. The molecule has 1 unspecified atom stereocenters. The molecule has 1 atom stereocenters. The lowest BCUT2D eigenvalue weighted by Crippen LogP contribution is -2.34. The third-order valence-corrected chi connectivity index (χ3v) is 2.76. The Bertz CT molecular complexity index is 354. The number of nitrogens with zero attached hydrogens (tertiary/aromatic N) is 3. The molecule has 0 saturated carbocycles. The zero-order valence-corrected chi connectivity index (χ0v) is 11.3. The van der Waals surface area contributed by atoms with Gasteiger partial charge in [0.1, 0.15) is 5.69 Å². The third kappa shape index (κ3) is 3.31. The van der Waals surface area contributed by atoms with Crippen LogP contribution in [0.5, 0.6) is 0 Å². The van der Waals surface area contributed by atoms with Crippen LogP contribution in [0.1, 0.15) is 10.5 Å². The van der Waals surface area contributed by atoms with E-state index in [1.165, 1.54) is 0 Å². The Morgan fingerprint density at radius 1 is 1.75 bits per heavy atom. The second-order valence-corrected chi connectivity index (χ2v) is 4.92. The summed E-state index contributed by atoms with van der Waals surface area (Å²) in [5, 5.41) is 0. The van der Waals surface area contributed by atoms with E-state index >= 15 is 0 Å². The predicted octanol–water partition coefficient (Wildman–Crippen LogP) is 0.902. The first-order valence-corrected chi connectivity index (χ1v) is 5.82. The SMILES string of the molecule is COCC(Br)CN(C)C(=O)c1cncn1C. The molecule has 0 aromatic carbocycles. The van der Waals surface area contributed by atoms with Crippen LogP contribution in [0.3, 0.4) is 0 Å². The van der Waals surface area contributed by atoms with Gasteiger partial charge in [0.05, 0.1) is 24.0 Å². The number of alkyl halides is 1. The fourth-order valence-corrected chi connectivity index (χ4v) is 2.07. The molecule has 0 saturated heterocycles. The Balaban J connectivity index is 2.58. The van der Waals surface area contributed by atoms with Gasteiger partial charge in [-0.3, -0.25) is 4.79 Å². The summed E-state index contributed by atoms with van der Waals surface area (Å²) in [6.07, 6.45) is 3.18. The summed E-state index contributed by atoms with van der Waals surface area (Å²) in [6, 6.07) is 0. The highest BCUT2D eigenvalue weighted by Gasteiger charge is 2.17. The number of carbonyl (C=O) groups is 1. The molecule has 0 fully saturated rings. The van der Waals surface area contributed by atoms with Gasteiger partial charge in [0, 0.05) is 27.7 Å². The number of methoxy groups -OCH3 is 1. The number of rotatable bonds is 5. The molecule has 5 nitrogen and oxygen atoms in total. The first-order chi connectivity index (χ1) is 7.56. The van der Waals surface area contributed by atoms with Crippen molar-refractivity contribution >= 4 is 21.8 Å². The summed E-state index contributed by atoms with van der Waals surface area (Å²) < 4.78 is 6.70. The maximum Gasteiger partial charge on any atom is 0.271 e. The molecule has 16 heavy (non-hydrogen) atoms. The summed E-state index contributed by atoms with van der Waals surface area (Å²) >= 11 is 3.45. The lowest BCUT2D eigenvalue weighted by Gasteiger charge is -2.20. The van der Waals surface area contributed by atoms with Crippen LogP contribution in [-0.4, -0.2) is 52.5 Å². The van der Waals surface area contributed by atoms with Crippen molar-refractivity contribution in [3.05, 3.63) is 18.2 Å². The molecule has 0 N–H and O–H groups in total. The molecule has 1 aromatic heterocycles. The number of carbonyl (C=O) groups excluding carboxylic acids is 1. The summed E-state index contributed by atoms with van der Waals surface area (Å²) in [6.45, 7) is 1.17.